The highest BCUT2D eigenvalue weighted by Gasteiger charge is 2.30. The molecule has 0 aliphatic carbocycles. The van der Waals surface area contributed by atoms with E-state index in [9.17, 15) is 4.79 Å². The molecule has 0 bridgehead atoms. The van der Waals surface area contributed by atoms with E-state index in [0.29, 0.717) is 0 Å². The number of hydrogen-bond donors (Lipinski definition) is 1. The van der Waals surface area contributed by atoms with E-state index >= 15 is 0 Å². The Labute approximate surface area is 124 Å². The van der Waals surface area contributed by atoms with Crippen molar-refractivity contribution >= 4 is 5.97 Å². The van der Waals surface area contributed by atoms with Crippen LogP contribution in [0, 0.1) is 0 Å². The number of carbonyl (C=O) groups is 1. The number of methoxy groups -OCH3 is 1. The lowest BCUT2D eigenvalue weighted by atomic mass is 9.99. The Bertz CT molecular complexity index is 624. The zero-order chi connectivity index (χ0) is 14.7. The third-order valence-corrected chi connectivity index (χ3v) is 4.03. The van der Waals surface area contributed by atoms with Crippen LogP contribution in [0.15, 0.2) is 54.6 Å². The van der Waals surface area contributed by atoms with E-state index in [-0.39, 0.29) is 18.1 Å². The number of nitrogens with one attached hydrogen (secondary N) is 1. The molecule has 21 heavy (non-hydrogen) atoms. The highest BCUT2D eigenvalue weighted by atomic mass is 16.5. The molecule has 3 rings (SSSR count). The van der Waals surface area contributed by atoms with Crippen molar-refractivity contribution in [3.8, 4) is 11.1 Å². The van der Waals surface area contributed by atoms with Crippen molar-refractivity contribution in [2.75, 3.05) is 7.11 Å². The van der Waals surface area contributed by atoms with Gasteiger partial charge < -0.3 is 4.74 Å². The van der Waals surface area contributed by atoms with Crippen molar-refractivity contribution in [3.05, 3.63) is 60.2 Å². The van der Waals surface area contributed by atoms with Crippen molar-refractivity contribution in [1.29, 1.82) is 0 Å². The predicted octanol–water partition coefficient (Wildman–Crippen LogP) is 3.32. The van der Waals surface area contributed by atoms with Crippen LogP contribution in [0.25, 0.3) is 11.1 Å². The number of ether oxygens (including phenoxy) is 1. The lowest BCUT2D eigenvalue weighted by Gasteiger charge is -2.14. The third-order valence-electron chi connectivity index (χ3n) is 4.03. The van der Waals surface area contributed by atoms with Gasteiger partial charge in [0.05, 0.1) is 7.11 Å². The maximum Gasteiger partial charge on any atom is 0.322 e. The molecule has 1 fully saturated rings. The Morgan fingerprint density at radius 1 is 1.05 bits per heavy atom. The molecule has 108 valence electrons. The number of benzene rings is 2. The van der Waals surface area contributed by atoms with Crippen molar-refractivity contribution in [2.24, 2.45) is 0 Å². The normalized spacial score (nSPS) is 21.2. The first-order valence-electron chi connectivity index (χ1n) is 7.27. The van der Waals surface area contributed by atoms with Gasteiger partial charge in [0.25, 0.3) is 0 Å². The molecular formula is C18H19NO2. The maximum absolute atomic E-state index is 11.6. The van der Waals surface area contributed by atoms with Gasteiger partial charge >= 0.3 is 5.97 Å². The van der Waals surface area contributed by atoms with Crippen molar-refractivity contribution in [2.45, 2.75) is 24.9 Å². The number of rotatable bonds is 3. The summed E-state index contributed by atoms with van der Waals surface area (Å²) in [7, 11) is 1.44. The van der Waals surface area contributed by atoms with Gasteiger partial charge in [-0.05, 0) is 35.6 Å². The van der Waals surface area contributed by atoms with E-state index in [2.05, 4.69) is 41.7 Å². The second kappa shape index (κ2) is 6.10. The number of hydrogen-bond acceptors (Lipinski definition) is 3. The molecule has 0 aromatic heterocycles. The Morgan fingerprint density at radius 2 is 1.81 bits per heavy atom. The highest BCUT2D eigenvalue weighted by molar-refractivity contribution is 5.76. The van der Waals surface area contributed by atoms with Gasteiger partial charge in [-0.25, -0.2) is 0 Å². The highest BCUT2D eigenvalue weighted by Crippen LogP contribution is 2.29. The monoisotopic (exact) mass is 281 g/mol. The summed E-state index contributed by atoms with van der Waals surface area (Å²) in [6.07, 6.45) is 1.78. The summed E-state index contributed by atoms with van der Waals surface area (Å²) in [6, 6.07) is 18.9. The second-order valence-corrected chi connectivity index (χ2v) is 5.36. The molecule has 1 aliphatic heterocycles. The summed E-state index contributed by atoms with van der Waals surface area (Å²) in [6.45, 7) is 0. The minimum atomic E-state index is -0.180. The summed E-state index contributed by atoms with van der Waals surface area (Å²) in [5, 5.41) is 3.36. The van der Waals surface area contributed by atoms with E-state index in [1.54, 1.807) is 0 Å². The van der Waals surface area contributed by atoms with Crippen LogP contribution in [0.2, 0.25) is 0 Å². The Hall–Kier alpha value is -2.13. The van der Waals surface area contributed by atoms with E-state index in [1.165, 1.54) is 23.8 Å². The summed E-state index contributed by atoms with van der Waals surface area (Å²) >= 11 is 0. The van der Waals surface area contributed by atoms with Crippen LogP contribution in [0.4, 0.5) is 0 Å². The van der Waals surface area contributed by atoms with Crippen LogP contribution < -0.4 is 5.32 Å². The van der Waals surface area contributed by atoms with E-state index in [1.807, 2.05) is 18.2 Å². The lowest BCUT2D eigenvalue weighted by molar-refractivity contribution is -0.142. The molecule has 3 heteroatoms. The van der Waals surface area contributed by atoms with Crippen LogP contribution >= 0.6 is 0 Å². The fourth-order valence-corrected chi connectivity index (χ4v) is 2.90. The summed E-state index contributed by atoms with van der Waals surface area (Å²) in [5.74, 6) is -0.170. The first-order chi connectivity index (χ1) is 10.3. The molecule has 0 radical (unpaired) electrons. The van der Waals surface area contributed by atoms with Crippen molar-refractivity contribution in [1.82, 2.24) is 5.32 Å². The molecule has 1 saturated heterocycles. The van der Waals surface area contributed by atoms with Crippen LogP contribution in [0.5, 0.6) is 0 Å². The minimum absolute atomic E-state index is 0.170. The minimum Gasteiger partial charge on any atom is -0.468 e. The Kier molecular flexibility index (Phi) is 4.02. The van der Waals surface area contributed by atoms with Crippen LogP contribution in [-0.2, 0) is 9.53 Å². The summed E-state index contributed by atoms with van der Waals surface area (Å²) < 4.78 is 4.81. The molecule has 3 nitrogen and oxygen atoms in total. The summed E-state index contributed by atoms with van der Waals surface area (Å²) in [4.78, 5) is 11.6. The zero-order valence-corrected chi connectivity index (χ0v) is 12.1. The molecule has 1 heterocycles. The van der Waals surface area contributed by atoms with E-state index in [4.69, 9.17) is 4.74 Å². The lowest BCUT2D eigenvalue weighted by Crippen LogP contribution is -2.33. The molecule has 2 unspecified atom stereocenters. The van der Waals surface area contributed by atoms with Gasteiger partial charge in [0.2, 0.25) is 0 Å². The smallest absolute Gasteiger partial charge is 0.322 e. The molecule has 0 amide bonds. The van der Waals surface area contributed by atoms with E-state index < -0.39 is 0 Å². The number of carbonyl (C=O) groups excluding carboxylic acids is 1. The van der Waals surface area contributed by atoms with Gasteiger partial charge in [0.15, 0.2) is 0 Å². The molecule has 2 aromatic carbocycles. The van der Waals surface area contributed by atoms with Gasteiger partial charge in [-0.1, -0.05) is 48.5 Å². The molecule has 1 N–H and O–H groups in total. The molecule has 0 spiro atoms. The Morgan fingerprint density at radius 3 is 2.57 bits per heavy atom. The first-order valence-corrected chi connectivity index (χ1v) is 7.27. The topological polar surface area (TPSA) is 38.3 Å². The summed E-state index contributed by atoms with van der Waals surface area (Å²) in [5.41, 5.74) is 3.64. The van der Waals surface area contributed by atoms with Gasteiger partial charge in [0.1, 0.15) is 6.04 Å². The average Bonchev–Trinajstić information content (AvgIpc) is 3.05. The quantitative estimate of drug-likeness (QED) is 0.877. The standard InChI is InChI=1S/C18H19NO2/c1-21-18(20)17-11-10-16(19-17)15-9-5-8-14(12-15)13-6-3-2-4-7-13/h2-9,12,16-17,19H,10-11H2,1H3. The van der Waals surface area contributed by atoms with Gasteiger partial charge in [-0.2, -0.15) is 0 Å². The fourth-order valence-electron chi connectivity index (χ4n) is 2.90. The average molecular weight is 281 g/mol. The fraction of sp³-hybridized carbons (Fsp3) is 0.278. The largest absolute Gasteiger partial charge is 0.468 e. The zero-order valence-electron chi connectivity index (χ0n) is 12.1. The third kappa shape index (κ3) is 2.98. The van der Waals surface area contributed by atoms with Gasteiger partial charge in [-0.15, -0.1) is 0 Å². The SMILES string of the molecule is COC(=O)C1CCC(c2cccc(-c3ccccc3)c2)N1. The maximum atomic E-state index is 11.6. The van der Waals surface area contributed by atoms with Crippen molar-refractivity contribution in [3.63, 3.8) is 0 Å². The van der Waals surface area contributed by atoms with Gasteiger partial charge in [-0.3, -0.25) is 10.1 Å². The van der Waals surface area contributed by atoms with Crippen molar-refractivity contribution < 1.29 is 9.53 Å². The van der Waals surface area contributed by atoms with Crippen LogP contribution in [0.3, 0.4) is 0 Å². The molecule has 1 aliphatic rings. The van der Waals surface area contributed by atoms with Crippen LogP contribution in [0.1, 0.15) is 24.4 Å². The molecular weight excluding hydrogens is 262 g/mol. The van der Waals surface area contributed by atoms with Gasteiger partial charge in [0, 0.05) is 6.04 Å². The first kappa shape index (κ1) is 13.8. The molecule has 0 saturated carbocycles. The Balaban J connectivity index is 1.80. The van der Waals surface area contributed by atoms with E-state index in [0.717, 1.165) is 12.8 Å². The number of esters is 1. The predicted molar refractivity (Wildman–Crippen MR) is 82.8 cm³/mol. The second-order valence-electron chi connectivity index (χ2n) is 5.36. The molecule has 2 aromatic rings. The molecule has 2 atom stereocenters. The van der Waals surface area contributed by atoms with Crippen LogP contribution in [-0.4, -0.2) is 19.1 Å².